The van der Waals surface area contributed by atoms with Crippen molar-refractivity contribution in [1.29, 1.82) is 0 Å². The summed E-state index contributed by atoms with van der Waals surface area (Å²) in [5.74, 6) is 0.574. The van der Waals surface area contributed by atoms with Gasteiger partial charge in [-0.2, -0.15) is 4.31 Å². The van der Waals surface area contributed by atoms with Gasteiger partial charge in [-0.3, -0.25) is 4.79 Å². The Morgan fingerprint density at radius 3 is 2.33 bits per heavy atom. The number of rotatable bonds is 7. The van der Waals surface area contributed by atoms with Crippen LogP contribution in [0.1, 0.15) is 24.0 Å². The van der Waals surface area contributed by atoms with E-state index in [0.717, 1.165) is 27.6 Å². The third-order valence-electron chi connectivity index (χ3n) is 6.05. The Kier molecular flexibility index (Phi) is 7.00. The molecule has 3 aromatic carbocycles. The fourth-order valence-corrected chi connectivity index (χ4v) is 5.84. The number of benzene rings is 3. The van der Waals surface area contributed by atoms with Crippen LogP contribution in [0.4, 0.5) is 0 Å². The Labute approximate surface area is 195 Å². The van der Waals surface area contributed by atoms with E-state index in [1.54, 1.807) is 12.1 Å². The number of piperidine rings is 1. The average molecular weight is 467 g/mol. The molecule has 1 heterocycles. The number of ether oxygens (including phenoxy) is 1. The van der Waals surface area contributed by atoms with Crippen LogP contribution in [0.2, 0.25) is 0 Å². The molecular formula is C26H30N2O4S. The number of amides is 1. The largest absolute Gasteiger partial charge is 0.492 e. The van der Waals surface area contributed by atoms with E-state index in [9.17, 15) is 13.2 Å². The summed E-state index contributed by atoms with van der Waals surface area (Å²) in [5.41, 5.74) is 2.28. The molecule has 0 spiro atoms. The summed E-state index contributed by atoms with van der Waals surface area (Å²) in [5, 5.41) is 4.83. The Morgan fingerprint density at radius 1 is 0.970 bits per heavy atom. The summed E-state index contributed by atoms with van der Waals surface area (Å²) in [6.45, 7) is 5.53. The quantitative estimate of drug-likeness (QED) is 0.533. The normalized spacial score (nSPS) is 15.5. The summed E-state index contributed by atoms with van der Waals surface area (Å²) in [6.07, 6.45) is 1.02. The fraction of sp³-hybridized carbons (Fsp3) is 0.346. The van der Waals surface area contributed by atoms with Crippen molar-refractivity contribution in [3.05, 3.63) is 71.8 Å². The van der Waals surface area contributed by atoms with Gasteiger partial charge in [-0.05, 0) is 72.9 Å². The molecule has 7 heteroatoms. The Morgan fingerprint density at radius 2 is 1.64 bits per heavy atom. The highest BCUT2D eigenvalue weighted by atomic mass is 32.2. The minimum Gasteiger partial charge on any atom is -0.492 e. The first kappa shape index (κ1) is 23.3. The predicted octanol–water partition coefficient (Wildman–Crippen LogP) is 4.05. The molecule has 4 rings (SSSR count). The molecule has 0 aliphatic carbocycles. The van der Waals surface area contributed by atoms with Gasteiger partial charge in [0, 0.05) is 19.0 Å². The topological polar surface area (TPSA) is 75.7 Å². The number of hydrogen-bond donors (Lipinski definition) is 1. The zero-order valence-corrected chi connectivity index (χ0v) is 19.9. The van der Waals surface area contributed by atoms with Crippen molar-refractivity contribution in [2.45, 2.75) is 31.6 Å². The lowest BCUT2D eigenvalue weighted by molar-refractivity contribution is -0.126. The average Bonchev–Trinajstić information content (AvgIpc) is 2.81. The van der Waals surface area contributed by atoms with Gasteiger partial charge < -0.3 is 10.1 Å². The first-order valence-electron chi connectivity index (χ1n) is 11.3. The number of hydrogen-bond acceptors (Lipinski definition) is 4. The minimum atomic E-state index is -3.58. The van der Waals surface area contributed by atoms with Gasteiger partial charge in [0.2, 0.25) is 15.9 Å². The maximum Gasteiger partial charge on any atom is 0.243 e. The van der Waals surface area contributed by atoms with Gasteiger partial charge in [-0.25, -0.2) is 8.42 Å². The number of fused-ring (bicyclic) bond motifs is 1. The molecular weight excluding hydrogens is 436 g/mol. The fourth-order valence-electron chi connectivity index (χ4n) is 4.34. The molecule has 174 valence electrons. The molecule has 0 unspecified atom stereocenters. The van der Waals surface area contributed by atoms with E-state index in [1.165, 1.54) is 4.31 Å². The van der Waals surface area contributed by atoms with Gasteiger partial charge >= 0.3 is 0 Å². The maximum atomic E-state index is 13.1. The number of sulfonamides is 1. The molecule has 1 aliphatic heterocycles. The van der Waals surface area contributed by atoms with Crippen molar-refractivity contribution in [3.63, 3.8) is 0 Å². The van der Waals surface area contributed by atoms with Crippen molar-refractivity contribution >= 4 is 26.7 Å². The van der Waals surface area contributed by atoms with Crippen LogP contribution in [0.25, 0.3) is 10.8 Å². The van der Waals surface area contributed by atoms with E-state index in [0.29, 0.717) is 44.0 Å². The van der Waals surface area contributed by atoms with Crippen molar-refractivity contribution in [2.75, 3.05) is 26.2 Å². The van der Waals surface area contributed by atoms with Crippen LogP contribution in [0.15, 0.2) is 65.6 Å². The van der Waals surface area contributed by atoms with E-state index >= 15 is 0 Å². The number of nitrogens with zero attached hydrogens (tertiary/aromatic N) is 1. The Balaban J connectivity index is 1.27. The molecule has 0 atom stereocenters. The molecule has 0 aromatic heterocycles. The summed E-state index contributed by atoms with van der Waals surface area (Å²) in [7, 11) is -3.58. The molecule has 33 heavy (non-hydrogen) atoms. The van der Waals surface area contributed by atoms with Crippen LogP contribution in [-0.2, 0) is 14.8 Å². The van der Waals surface area contributed by atoms with Crippen LogP contribution in [-0.4, -0.2) is 44.9 Å². The molecule has 6 nitrogen and oxygen atoms in total. The third-order valence-corrected chi connectivity index (χ3v) is 7.94. The standard InChI is InChI=1S/C26H30N2O4S/c1-19-15-20(2)17-24(16-19)32-14-11-27-26(29)22-9-12-28(13-10-22)33(30,31)25-8-7-21-5-3-4-6-23(21)18-25/h3-8,15-18,22H,9-14H2,1-2H3,(H,27,29). The van der Waals surface area contributed by atoms with Crippen molar-refractivity contribution < 1.29 is 17.9 Å². The number of carbonyl (C=O) groups excluding carboxylic acids is 1. The first-order chi connectivity index (χ1) is 15.8. The second kappa shape index (κ2) is 9.93. The molecule has 1 fully saturated rings. The molecule has 0 saturated carbocycles. The zero-order valence-electron chi connectivity index (χ0n) is 19.1. The van der Waals surface area contributed by atoms with Gasteiger partial charge in [0.25, 0.3) is 0 Å². The summed E-state index contributed by atoms with van der Waals surface area (Å²) in [4.78, 5) is 12.9. The minimum absolute atomic E-state index is 0.0400. The van der Waals surface area contributed by atoms with Crippen LogP contribution in [0.5, 0.6) is 5.75 Å². The molecule has 3 aromatic rings. The highest BCUT2D eigenvalue weighted by Crippen LogP contribution is 2.26. The lowest BCUT2D eigenvalue weighted by atomic mass is 9.97. The summed E-state index contributed by atoms with van der Waals surface area (Å²) >= 11 is 0. The van der Waals surface area contributed by atoms with Gasteiger partial charge in [0.15, 0.2) is 0 Å². The van der Waals surface area contributed by atoms with Gasteiger partial charge in [0.05, 0.1) is 11.4 Å². The van der Waals surface area contributed by atoms with Crippen LogP contribution >= 0.6 is 0 Å². The highest BCUT2D eigenvalue weighted by Gasteiger charge is 2.32. The first-order valence-corrected chi connectivity index (χ1v) is 12.7. The summed E-state index contributed by atoms with van der Waals surface area (Å²) < 4.78 is 33.5. The maximum absolute atomic E-state index is 13.1. The van der Waals surface area contributed by atoms with Crippen molar-refractivity contribution in [3.8, 4) is 5.75 Å². The molecule has 1 aliphatic rings. The van der Waals surface area contributed by atoms with E-state index in [4.69, 9.17) is 4.74 Å². The Hall–Kier alpha value is -2.90. The molecule has 1 amide bonds. The molecule has 1 saturated heterocycles. The van der Waals surface area contributed by atoms with Crippen LogP contribution < -0.4 is 10.1 Å². The monoisotopic (exact) mass is 466 g/mol. The van der Waals surface area contributed by atoms with E-state index in [1.807, 2.05) is 56.3 Å². The predicted molar refractivity (Wildman–Crippen MR) is 130 cm³/mol. The van der Waals surface area contributed by atoms with Gasteiger partial charge in [-0.15, -0.1) is 0 Å². The number of carbonyl (C=O) groups is 1. The van der Waals surface area contributed by atoms with Crippen molar-refractivity contribution in [2.24, 2.45) is 5.92 Å². The zero-order chi connectivity index (χ0) is 23.4. The van der Waals surface area contributed by atoms with Gasteiger partial charge in [-0.1, -0.05) is 36.4 Å². The third kappa shape index (κ3) is 5.54. The number of nitrogens with one attached hydrogen (secondary N) is 1. The Bertz CT molecular complexity index is 1230. The molecule has 0 bridgehead atoms. The summed E-state index contributed by atoms with van der Waals surface area (Å²) in [6, 6.07) is 18.9. The molecule has 1 N–H and O–H groups in total. The van der Waals surface area contributed by atoms with Crippen molar-refractivity contribution in [1.82, 2.24) is 9.62 Å². The number of aryl methyl sites for hydroxylation is 2. The smallest absolute Gasteiger partial charge is 0.243 e. The SMILES string of the molecule is Cc1cc(C)cc(OCCNC(=O)C2CCN(S(=O)(=O)c3ccc4ccccc4c3)CC2)c1. The van der Waals surface area contributed by atoms with E-state index in [-0.39, 0.29) is 11.8 Å². The second-order valence-electron chi connectivity index (χ2n) is 8.65. The highest BCUT2D eigenvalue weighted by molar-refractivity contribution is 7.89. The lowest BCUT2D eigenvalue weighted by Gasteiger charge is -2.30. The van der Waals surface area contributed by atoms with Crippen LogP contribution in [0, 0.1) is 19.8 Å². The lowest BCUT2D eigenvalue weighted by Crippen LogP contribution is -2.43. The van der Waals surface area contributed by atoms with E-state index < -0.39 is 10.0 Å². The van der Waals surface area contributed by atoms with Crippen LogP contribution in [0.3, 0.4) is 0 Å². The van der Waals surface area contributed by atoms with Gasteiger partial charge in [0.1, 0.15) is 12.4 Å². The second-order valence-corrected chi connectivity index (χ2v) is 10.6. The van der Waals surface area contributed by atoms with E-state index in [2.05, 4.69) is 11.4 Å². The molecule has 0 radical (unpaired) electrons.